The van der Waals surface area contributed by atoms with Crippen molar-refractivity contribution < 1.29 is 28.6 Å². The maximum Gasteiger partial charge on any atom is 0.306 e. The van der Waals surface area contributed by atoms with Crippen LogP contribution in [0.2, 0.25) is 0 Å². The lowest BCUT2D eigenvalue weighted by Gasteiger charge is -2.18. The lowest BCUT2D eigenvalue weighted by Crippen LogP contribution is -2.30. The number of rotatable bonds is 54. The van der Waals surface area contributed by atoms with E-state index in [0.29, 0.717) is 19.3 Å². The molecule has 0 fully saturated rings. The van der Waals surface area contributed by atoms with Gasteiger partial charge in [-0.25, -0.2) is 0 Å². The summed E-state index contributed by atoms with van der Waals surface area (Å²) in [5.41, 5.74) is 0. The average Bonchev–Trinajstić information content (AvgIpc) is 3.29. The summed E-state index contributed by atoms with van der Waals surface area (Å²) >= 11 is 0. The van der Waals surface area contributed by atoms with Crippen LogP contribution in [0.1, 0.15) is 336 Å². The molecule has 0 aliphatic carbocycles. The topological polar surface area (TPSA) is 78.9 Å². The number of hydrogen-bond acceptors (Lipinski definition) is 6. The first-order valence-corrected chi connectivity index (χ1v) is 29.4. The van der Waals surface area contributed by atoms with E-state index in [4.69, 9.17) is 14.2 Å². The molecule has 0 radical (unpaired) electrons. The van der Waals surface area contributed by atoms with Gasteiger partial charge in [-0.05, 0) is 25.2 Å². The van der Waals surface area contributed by atoms with Crippen LogP contribution in [0, 0.1) is 5.92 Å². The van der Waals surface area contributed by atoms with Gasteiger partial charge < -0.3 is 14.2 Å². The van der Waals surface area contributed by atoms with Gasteiger partial charge in [0.2, 0.25) is 0 Å². The molecule has 0 saturated heterocycles. The normalized spacial score (nSPS) is 12.0. The number of unbranched alkanes of at least 4 members (excludes halogenated alkanes) is 41. The molecule has 0 aromatic heterocycles. The van der Waals surface area contributed by atoms with Crippen LogP contribution < -0.4 is 0 Å². The SMILES string of the molecule is CCCCCCCCCCCCCCCCCCCCCC(=O)OC[C@@H](COC(=O)CCCCCCCCCCCCC(C)C)OC(=O)CCCCCCCCCCCCCCCCC. The van der Waals surface area contributed by atoms with Crippen molar-refractivity contribution in [3.63, 3.8) is 0 Å². The second-order valence-electron chi connectivity index (χ2n) is 20.8. The number of hydrogen-bond donors (Lipinski definition) is 0. The molecule has 0 rings (SSSR count). The van der Waals surface area contributed by atoms with E-state index >= 15 is 0 Å². The van der Waals surface area contributed by atoms with E-state index in [1.165, 1.54) is 231 Å². The van der Waals surface area contributed by atoms with E-state index < -0.39 is 6.10 Å². The lowest BCUT2D eigenvalue weighted by molar-refractivity contribution is -0.167. The number of esters is 3. The quantitative estimate of drug-likeness (QED) is 0.0344. The van der Waals surface area contributed by atoms with E-state index in [2.05, 4.69) is 27.7 Å². The third-order valence-electron chi connectivity index (χ3n) is 13.5. The Morgan fingerprint density at radius 3 is 0.754 bits per heavy atom. The summed E-state index contributed by atoms with van der Waals surface area (Å²) in [6.45, 7) is 9.05. The van der Waals surface area contributed by atoms with Crippen LogP contribution in [0.5, 0.6) is 0 Å². The van der Waals surface area contributed by atoms with Gasteiger partial charge in [-0.1, -0.05) is 297 Å². The van der Waals surface area contributed by atoms with Crippen molar-refractivity contribution in [2.24, 2.45) is 5.92 Å². The molecule has 0 amide bonds. The maximum absolute atomic E-state index is 12.8. The molecular weight excluding hydrogens is 805 g/mol. The number of carbonyl (C=O) groups is 3. The maximum atomic E-state index is 12.8. The van der Waals surface area contributed by atoms with Crippen molar-refractivity contribution in [1.82, 2.24) is 0 Å². The molecular formula is C59H114O6. The predicted molar refractivity (Wildman–Crippen MR) is 280 cm³/mol. The molecule has 0 unspecified atom stereocenters. The molecule has 0 aliphatic heterocycles. The lowest BCUT2D eigenvalue weighted by atomic mass is 10.0. The van der Waals surface area contributed by atoms with Crippen LogP contribution >= 0.6 is 0 Å². The van der Waals surface area contributed by atoms with E-state index in [9.17, 15) is 14.4 Å². The van der Waals surface area contributed by atoms with Crippen molar-refractivity contribution in [2.75, 3.05) is 13.2 Å². The zero-order chi connectivity index (χ0) is 47.4. The summed E-state index contributed by atoms with van der Waals surface area (Å²) in [7, 11) is 0. The Morgan fingerprint density at radius 2 is 0.508 bits per heavy atom. The van der Waals surface area contributed by atoms with Gasteiger partial charge in [-0.2, -0.15) is 0 Å². The highest BCUT2D eigenvalue weighted by Crippen LogP contribution is 2.18. The monoisotopic (exact) mass is 919 g/mol. The van der Waals surface area contributed by atoms with Gasteiger partial charge in [0.15, 0.2) is 6.10 Å². The Morgan fingerprint density at radius 1 is 0.292 bits per heavy atom. The Kier molecular flexibility index (Phi) is 52.1. The summed E-state index contributed by atoms with van der Waals surface area (Å²) in [5.74, 6) is -0.0170. The van der Waals surface area contributed by atoms with Crippen molar-refractivity contribution in [3.05, 3.63) is 0 Å². The van der Waals surface area contributed by atoms with Crippen LogP contribution in [-0.2, 0) is 28.6 Å². The van der Waals surface area contributed by atoms with Crippen LogP contribution in [-0.4, -0.2) is 37.2 Å². The van der Waals surface area contributed by atoms with Crippen LogP contribution in [0.25, 0.3) is 0 Å². The van der Waals surface area contributed by atoms with Crippen molar-refractivity contribution in [3.8, 4) is 0 Å². The van der Waals surface area contributed by atoms with E-state index in [1.807, 2.05) is 0 Å². The second-order valence-corrected chi connectivity index (χ2v) is 20.8. The minimum Gasteiger partial charge on any atom is -0.462 e. The second kappa shape index (κ2) is 53.4. The summed E-state index contributed by atoms with van der Waals surface area (Å²) in [6, 6.07) is 0. The first-order valence-electron chi connectivity index (χ1n) is 29.4. The minimum atomic E-state index is -0.762. The summed E-state index contributed by atoms with van der Waals surface area (Å²) in [5, 5.41) is 0. The van der Waals surface area contributed by atoms with E-state index in [0.717, 1.165) is 63.7 Å². The molecule has 0 aromatic carbocycles. The van der Waals surface area contributed by atoms with E-state index in [1.54, 1.807) is 0 Å². The first kappa shape index (κ1) is 63.4. The molecule has 0 spiro atoms. The molecule has 0 saturated carbocycles. The highest BCUT2D eigenvalue weighted by molar-refractivity contribution is 5.71. The zero-order valence-corrected chi connectivity index (χ0v) is 44.5. The third kappa shape index (κ3) is 53.2. The van der Waals surface area contributed by atoms with E-state index in [-0.39, 0.29) is 31.1 Å². The van der Waals surface area contributed by atoms with Crippen molar-refractivity contribution >= 4 is 17.9 Å². The van der Waals surface area contributed by atoms with Gasteiger partial charge in [0.05, 0.1) is 0 Å². The van der Waals surface area contributed by atoms with Crippen LogP contribution in [0.4, 0.5) is 0 Å². The predicted octanol–water partition coefficient (Wildman–Crippen LogP) is 19.4. The highest BCUT2D eigenvalue weighted by Gasteiger charge is 2.19. The standard InChI is InChI=1S/C59H114O6/c1-5-7-9-11-13-15-17-19-21-22-23-24-26-27-29-34-38-42-46-50-57(60)63-53-56(54-64-58(61)51-47-43-39-35-32-31-33-37-41-45-49-55(3)4)65-59(62)52-48-44-40-36-30-28-25-20-18-16-14-12-10-8-6-2/h55-56H,5-54H2,1-4H3/t56-/m0/s1. The highest BCUT2D eigenvalue weighted by atomic mass is 16.6. The fraction of sp³-hybridized carbons (Fsp3) is 0.949. The van der Waals surface area contributed by atoms with Crippen molar-refractivity contribution in [2.45, 2.75) is 342 Å². The summed E-state index contributed by atoms with van der Waals surface area (Å²) in [4.78, 5) is 38.1. The largest absolute Gasteiger partial charge is 0.462 e. The molecule has 65 heavy (non-hydrogen) atoms. The van der Waals surface area contributed by atoms with Gasteiger partial charge in [0.25, 0.3) is 0 Å². The molecule has 0 N–H and O–H groups in total. The van der Waals surface area contributed by atoms with Gasteiger partial charge in [-0.15, -0.1) is 0 Å². The fourth-order valence-corrected chi connectivity index (χ4v) is 9.10. The van der Waals surface area contributed by atoms with Gasteiger partial charge >= 0.3 is 17.9 Å². The smallest absolute Gasteiger partial charge is 0.306 e. The molecule has 386 valence electrons. The third-order valence-corrected chi connectivity index (χ3v) is 13.5. The zero-order valence-electron chi connectivity index (χ0n) is 44.5. The molecule has 6 nitrogen and oxygen atoms in total. The fourth-order valence-electron chi connectivity index (χ4n) is 9.10. The Balaban J connectivity index is 4.27. The molecule has 0 aromatic rings. The van der Waals surface area contributed by atoms with Gasteiger partial charge in [-0.3, -0.25) is 14.4 Å². The Hall–Kier alpha value is -1.59. The first-order chi connectivity index (χ1) is 31.9. The van der Waals surface area contributed by atoms with Crippen LogP contribution in [0.15, 0.2) is 0 Å². The summed E-state index contributed by atoms with van der Waals surface area (Å²) in [6.07, 6.45) is 58.1. The van der Waals surface area contributed by atoms with Gasteiger partial charge in [0, 0.05) is 19.3 Å². The number of ether oxygens (including phenoxy) is 3. The van der Waals surface area contributed by atoms with Crippen molar-refractivity contribution in [1.29, 1.82) is 0 Å². The molecule has 1 atom stereocenters. The Labute approximate surface area is 406 Å². The molecule has 0 heterocycles. The Bertz CT molecular complexity index is 980. The van der Waals surface area contributed by atoms with Gasteiger partial charge in [0.1, 0.15) is 13.2 Å². The molecule has 0 aliphatic rings. The molecule has 6 heteroatoms. The average molecular weight is 920 g/mol. The summed E-state index contributed by atoms with van der Waals surface area (Å²) < 4.78 is 16.9. The number of carbonyl (C=O) groups excluding carboxylic acids is 3. The minimum absolute atomic E-state index is 0.0619. The van der Waals surface area contributed by atoms with Crippen LogP contribution in [0.3, 0.4) is 0 Å². The molecule has 0 bridgehead atoms.